The molecule has 0 atom stereocenters. The number of rotatable bonds is 6. The Labute approximate surface area is 172 Å². The highest BCUT2D eigenvalue weighted by molar-refractivity contribution is 7.07. The summed E-state index contributed by atoms with van der Waals surface area (Å²) in [6.45, 7) is 5.74. The summed E-state index contributed by atoms with van der Waals surface area (Å²) in [5, 5.41) is 2.09. The van der Waals surface area contributed by atoms with Crippen LogP contribution in [0.15, 0.2) is 64.2 Å². The van der Waals surface area contributed by atoms with Crippen LogP contribution in [0.3, 0.4) is 0 Å². The van der Waals surface area contributed by atoms with Crippen LogP contribution in [0, 0.1) is 13.8 Å². The van der Waals surface area contributed by atoms with Gasteiger partial charge in [0.05, 0.1) is 17.7 Å². The van der Waals surface area contributed by atoms with Crippen molar-refractivity contribution in [3.05, 3.63) is 81.0 Å². The summed E-state index contributed by atoms with van der Waals surface area (Å²) in [5.74, 6) is 0. The van der Waals surface area contributed by atoms with Crippen molar-refractivity contribution in [2.75, 3.05) is 0 Å². The number of aromatic nitrogens is 5. The highest BCUT2D eigenvalue weighted by Crippen LogP contribution is 2.16. The van der Waals surface area contributed by atoms with Gasteiger partial charge in [0.15, 0.2) is 10.5 Å². The van der Waals surface area contributed by atoms with Gasteiger partial charge >= 0.3 is 0 Å². The third-order valence-electron chi connectivity index (χ3n) is 5.08. The molecule has 3 heterocycles. The summed E-state index contributed by atoms with van der Waals surface area (Å²) < 4.78 is 7.78. The number of benzene rings is 1. The first-order valence-corrected chi connectivity index (χ1v) is 10.4. The average molecular weight is 409 g/mol. The molecule has 0 aliphatic rings. The van der Waals surface area contributed by atoms with E-state index in [1.54, 1.807) is 22.2 Å². The molecule has 4 rings (SSSR count). The van der Waals surface area contributed by atoms with Crippen LogP contribution >= 0.6 is 11.3 Å². The normalized spacial score (nSPS) is 12.0. The molecular weight excluding hydrogens is 384 g/mol. The van der Waals surface area contributed by atoms with Gasteiger partial charge in [-0.3, -0.25) is 9.48 Å². The van der Waals surface area contributed by atoms with Crippen molar-refractivity contribution >= 4 is 17.0 Å². The largest absolute Gasteiger partial charge is 0.337 e. The first-order chi connectivity index (χ1) is 14.1. The number of nitrogens with zero attached hydrogens (tertiary/aromatic N) is 6. The lowest BCUT2D eigenvalue weighted by Gasteiger charge is -2.07. The van der Waals surface area contributed by atoms with Crippen LogP contribution in [0.1, 0.15) is 17.8 Å². The maximum atomic E-state index is 13.1. The fourth-order valence-corrected chi connectivity index (χ4v) is 4.29. The Morgan fingerprint density at radius 2 is 1.93 bits per heavy atom. The Morgan fingerprint density at radius 3 is 2.66 bits per heavy atom. The maximum Gasteiger partial charge on any atom is 0.297 e. The number of thiazole rings is 1. The molecule has 0 saturated carbocycles. The van der Waals surface area contributed by atoms with Crippen molar-refractivity contribution in [3.8, 4) is 5.69 Å². The first-order valence-electron chi connectivity index (χ1n) is 9.55. The lowest BCUT2D eigenvalue weighted by molar-refractivity contribution is 0.548. The predicted octanol–water partition coefficient (Wildman–Crippen LogP) is 3.18. The molecule has 0 aliphatic heterocycles. The van der Waals surface area contributed by atoms with Crippen LogP contribution in [0.2, 0.25) is 0 Å². The quantitative estimate of drug-likeness (QED) is 0.492. The Kier molecular flexibility index (Phi) is 5.35. The molecule has 0 radical (unpaired) electrons. The molecular formula is C21H24N6OS. The molecule has 29 heavy (non-hydrogen) atoms. The second-order valence-electron chi connectivity index (χ2n) is 6.99. The van der Waals surface area contributed by atoms with E-state index in [9.17, 15) is 4.79 Å². The van der Waals surface area contributed by atoms with Crippen molar-refractivity contribution < 1.29 is 0 Å². The summed E-state index contributed by atoms with van der Waals surface area (Å²) in [6.07, 6.45) is 6.55. The second-order valence-corrected chi connectivity index (χ2v) is 7.82. The lowest BCUT2D eigenvalue weighted by Crippen LogP contribution is -2.20. The average Bonchev–Trinajstić information content (AvgIpc) is 3.41. The van der Waals surface area contributed by atoms with E-state index in [-0.39, 0.29) is 5.56 Å². The molecule has 0 unspecified atom stereocenters. The molecule has 0 spiro atoms. The number of imidazole rings is 1. The molecule has 0 bridgehead atoms. The fraction of sp³-hybridized carbons (Fsp3) is 0.286. The van der Waals surface area contributed by atoms with Crippen molar-refractivity contribution in [1.82, 2.24) is 23.5 Å². The zero-order chi connectivity index (χ0) is 20.4. The highest BCUT2D eigenvalue weighted by Gasteiger charge is 2.16. The van der Waals surface area contributed by atoms with E-state index in [4.69, 9.17) is 4.99 Å². The van der Waals surface area contributed by atoms with Crippen molar-refractivity contribution in [2.45, 2.75) is 33.4 Å². The summed E-state index contributed by atoms with van der Waals surface area (Å²) in [4.78, 5) is 22.9. The number of hydrogen-bond acceptors (Lipinski definition) is 4. The van der Waals surface area contributed by atoms with Crippen LogP contribution in [0.25, 0.3) is 5.69 Å². The topological polar surface area (TPSA) is 62.0 Å². The number of para-hydroxylation sites is 1. The van der Waals surface area contributed by atoms with Gasteiger partial charge in [-0.2, -0.15) is 0 Å². The molecule has 8 heteroatoms. The zero-order valence-corrected chi connectivity index (χ0v) is 17.6. The third kappa shape index (κ3) is 3.75. The molecule has 0 aliphatic carbocycles. The SMILES string of the molecule is Cc1csc(=Nc2c(C)n(C)n(-c3ccccc3)c2=O)n1CCCn1ccnc1. The summed E-state index contributed by atoms with van der Waals surface area (Å²) in [6, 6.07) is 9.65. The Hall–Kier alpha value is -3.13. The Bertz CT molecular complexity index is 1220. The van der Waals surface area contributed by atoms with Gasteiger partial charge in [-0.15, -0.1) is 11.3 Å². The molecule has 1 aromatic carbocycles. The molecule has 0 amide bonds. The molecule has 4 aromatic rings. The van der Waals surface area contributed by atoms with Crippen LogP contribution in [-0.2, 0) is 20.1 Å². The number of aryl methyl sites for hydroxylation is 2. The monoisotopic (exact) mass is 408 g/mol. The van der Waals surface area contributed by atoms with Crippen LogP contribution < -0.4 is 10.4 Å². The van der Waals surface area contributed by atoms with Gasteiger partial charge in [0, 0.05) is 43.6 Å². The lowest BCUT2D eigenvalue weighted by atomic mass is 10.3. The predicted molar refractivity (Wildman–Crippen MR) is 115 cm³/mol. The van der Waals surface area contributed by atoms with E-state index in [0.717, 1.165) is 41.4 Å². The minimum Gasteiger partial charge on any atom is -0.337 e. The zero-order valence-electron chi connectivity index (χ0n) is 16.8. The summed E-state index contributed by atoms with van der Waals surface area (Å²) in [7, 11) is 1.89. The van der Waals surface area contributed by atoms with Crippen molar-refractivity contribution in [2.24, 2.45) is 12.0 Å². The molecule has 0 saturated heterocycles. The van der Waals surface area contributed by atoms with Gasteiger partial charge in [0.2, 0.25) is 0 Å². The van der Waals surface area contributed by atoms with Gasteiger partial charge in [-0.1, -0.05) is 18.2 Å². The summed E-state index contributed by atoms with van der Waals surface area (Å²) in [5.41, 5.74) is 3.21. The van der Waals surface area contributed by atoms with Crippen molar-refractivity contribution in [1.29, 1.82) is 0 Å². The van der Waals surface area contributed by atoms with E-state index in [0.29, 0.717) is 5.69 Å². The third-order valence-corrected chi connectivity index (χ3v) is 6.06. The van der Waals surface area contributed by atoms with E-state index >= 15 is 0 Å². The standard InChI is InChI=1S/C21H24N6OS/c1-16-14-29-21(26(16)12-7-11-25-13-10-22-15-25)23-19-17(2)24(3)27(20(19)28)18-8-5-4-6-9-18/h4-6,8-10,13-15H,7,11-12H2,1-3H3. The van der Waals surface area contributed by atoms with E-state index in [2.05, 4.69) is 26.4 Å². The molecule has 7 nitrogen and oxygen atoms in total. The minimum absolute atomic E-state index is 0.104. The van der Waals surface area contributed by atoms with Gasteiger partial charge in [-0.05, 0) is 32.4 Å². The van der Waals surface area contributed by atoms with E-state index in [1.807, 2.05) is 61.5 Å². The minimum atomic E-state index is -0.104. The Balaban J connectivity index is 1.69. The summed E-state index contributed by atoms with van der Waals surface area (Å²) >= 11 is 1.57. The highest BCUT2D eigenvalue weighted by atomic mass is 32.1. The van der Waals surface area contributed by atoms with E-state index < -0.39 is 0 Å². The molecule has 3 aromatic heterocycles. The molecule has 150 valence electrons. The smallest absolute Gasteiger partial charge is 0.297 e. The Morgan fingerprint density at radius 1 is 1.14 bits per heavy atom. The first kappa shape index (κ1) is 19.2. The maximum absolute atomic E-state index is 13.1. The fourth-order valence-electron chi connectivity index (χ4n) is 3.38. The van der Waals surface area contributed by atoms with E-state index in [1.165, 1.54) is 0 Å². The van der Waals surface area contributed by atoms with Crippen molar-refractivity contribution in [3.63, 3.8) is 0 Å². The van der Waals surface area contributed by atoms with Gasteiger partial charge in [0.1, 0.15) is 0 Å². The van der Waals surface area contributed by atoms with Crippen LogP contribution in [0.4, 0.5) is 5.69 Å². The molecule has 0 fully saturated rings. The van der Waals surface area contributed by atoms with Crippen LogP contribution in [-0.4, -0.2) is 23.5 Å². The molecule has 0 N–H and O–H groups in total. The van der Waals surface area contributed by atoms with Crippen LogP contribution in [0.5, 0.6) is 0 Å². The number of hydrogen-bond donors (Lipinski definition) is 0. The van der Waals surface area contributed by atoms with Gasteiger partial charge < -0.3 is 9.13 Å². The van der Waals surface area contributed by atoms with Gasteiger partial charge in [0.25, 0.3) is 5.56 Å². The van der Waals surface area contributed by atoms with Gasteiger partial charge in [-0.25, -0.2) is 14.7 Å². The second kappa shape index (κ2) is 8.08.